The fourth-order valence-electron chi connectivity index (χ4n) is 3.68. The lowest BCUT2D eigenvalue weighted by Crippen LogP contribution is -2.49. The minimum Gasteiger partial charge on any atom is -0.357 e. The molecule has 0 bridgehead atoms. The monoisotopic (exact) mass is 396 g/mol. The van der Waals surface area contributed by atoms with E-state index in [0.717, 1.165) is 38.4 Å². The Balaban J connectivity index is 1.51. The molecule has 29 heavy (non-hydrogen) atoms. The van der Waals surface area contributed by atoms with Gasteiger partial charge in [-0.3, -0.25) is 9.79 Å². The van der Waals surface area contributed by atoms with Gasteiger partial charge in [-0.2, -0.15) is 0 Å². The predicted octanol–water partition coefficient (Wildman–Crippen LogP) is 2.55. The molecule has 0 saturated carbocycles. The van der Waals surface area contributed by atoms with Gasteiger partial charge in [0.1, 0.15) is 0 Å². The van der Waals surface area contributed by atoms with E-state index in [1.807, 2.05) is 49.1 Å². The second kappa shape index (κ2) is 10.6. The van der Waals surface area contributed by atoms with Crippen molar-refractivity contribution >= 4 is 11.9 Å². The zero-order chi connectivity index (χ0) is 20.5. The lowest BCUT2D eigenvalue weighted by molar-refractivity contribution is 0.0953. The van der Waals surface area contributed by atoms with Crippen LogP contribution in [0.5, 0.6) is 0 Å². The summed E-state index contributed by atoms with van der Waals surface area (Å²) in [6.45, 7) is 8.46. The Bertz CT molecular complexity index is 774. The number of hydrogen-bond acceptors (Lipinski definition) is 3. The quantitative estimate of drug-likeness (QED) is 0.429. The number of benzene rings is 1. The molecule has 1 saturated heterocycles. The predicted molar refractivity (Wildman–Crippen MR) is 116 cm³/mol. The Hall–Kier alpha value is -2.83. The molecule has 3 rings (SSSR count). The summed E-state index contributed by atoms with van der Waals surface area (Å²) in [6.07, 6.45) is 7.73. The molecule has 0 spiro atoms. The first-order valence-corrected chi connectivity index (χ1v) is 10.5. The van der Waals surface area contributed by atoms with Gasteiger partial charge in [0.2, 0.25) is 0 Å². The number of rotatable bonds is 7. The first kappa shape index (κ1) is 20.9. The smallest absolute Gasteiger partial charge is 0.251 e. The number of aliphatic imine (C=N–C) groups is 1. The Morgan fingerprint density at radius 1 is 1.28 bits per heavy atom. The van der Waals surface area contributed by atoms with Crippen LogP contribution in [-0.4, -0.2) is 59.0 Å². The van der Waals surface area contributed by atoms with Gasteiger partial charge < -0.3 is 20.1 Å². The largest absolute Gasteiger partial charge is 0.357 e. The average Bonchev–Trinajstić information content (AvgIpc) is 3.28. The molecule has 1 fully saturated rings. The number of carbonyl (C=O) groups is 1. The second-order valence-electron chi connectivity index (χ2n) is 7.50. The van der Waals surface area contributed by atoms with Crippen molar-refractivity contribution in [1.29, 1.82) is 0 Å². The van der Waals surface area contributed by atoms with Crippen molar-refractivity contribution in [3.8, 4) is 0 Å². The third-order valence-corrected chi connectivity index (χ3v) is 5.38. The van der Waals surface area contributed by atoms with Crippen LogP contribution in [0.1, 0.15) is 43.1 Å². The maximum atomic E-state index is 12.1. The highest BCUT2D eigenvalue weighted by Gasteiger charge is 2.28. The van der Waals surface area contributed by atoms with Crippen LogP contribution in [0.3, 0.4) is 0 Å². The molecule has 1 aromatic heterocycles. The highest BCUT2D eigenvalue weighted by molar-refractivity contribution is 5.94. The van der Waals surface area contributed by atoms with Crippen LogP contribution in [0.2, 0.25) is 0 Å². The Morgan fingerprint density at radius 2 is 2.10 bits per heavy atom. The van der Waals surface area contributed by atoms with Crippen LogP contribution < -0.4 is 10.6 Å². The zero-order valence-electron chi connectivity index (χ0n) is 17.4. The summed E-state index contributed by atoms with van der Waals surface area (Å²) in [6, 6.07) is 9.71. The van der Waals surface area contributed by atoms with Crippen LogP contribution in [-0.2, 0) is 0 Å². The minimum absolute atomic E-state index is 0.0327. The van der Waals surface area contributed by atoms with Gasteiger partial charge in [-0.1, -0.05) is 25.1 Å². The molecule has 7 nitrogen and oxygen atoms in total. The first-order valence-electron chi connectivity index (χ1n) is 10.5. The normalized spacial score (nSPS) is 19.8. The molecular weight excluding hydrogens is 364 g/mol. The van der Waals surface area contributed by atoms with E-state index in [2.05, 4.69) is 38.9 Å². The van der Waals surface area contributed by atoms with Gasteiger partial charge in [-0.15, -0.1) is 0 Å². The van der Waals surface area contributed by atoms with Crippen molar-refractivity contribution in [1.82, 2.24) is 25.1 Å². The topological polar surface area (TPSA) is 74.6 Å². The van der Waals surface area contributed by atoms with Crippen molar-refractivity contribution in [3.05, 3.63) is 54.6 Å². The molecule has 1 aliphatic rings. The molecule has 2 aromatic rings. The summed E-state index contributed by atoms with van der Waals surface area (Å²) < 4.78 is 2.21. The number of nitrogens with one attached hydrogen (secondary N) is 2. The molecule has 1 amide bonds. The molecule has 0 aliphatic carbocycles. The number of piperidine rings is 1. The minimum atomic E-state index is -0.0327. The van der Waals surface area contributed by atoms with E-state index in [0.29, 0.717) is 30.6 Å². The number of hydrogen-bond donors (Lipinski definition) is 2. The van der Waals surface area contributed by atoms with Crippen molar-refractivity contribution in [2.75, 3.05) is 32.7 Å². The highest BCUT2D eigenvalue weighted by atomic mass is 16.1. The lowest BCUT2D eigenvalue weighted by atomic mass is 9.93. The van der Waals surface area contributed by atoms with Crippen molar-refractivity contribution in [3.63, 3.8) is 0 Å². The molecular formula is C22H32N6O. The van der Waals surface area contributed by atoms with E-state index in [1.54, 1.807) is 0 Å². The summed E-state index contributed by atoms with van der Waals surface area (Å²) in [5.41, 5.74) is 0.692. The number of aromatic nitrogens is 2. The fraction of sp³-hybridized carbons (Fsp3) is 0.500. The summed E-state index contributed by atoms with van der Waals surface area (Å²) in [7, 11) is 0. The van der Waals surface area contributed by atoms with Gasteiger partial charge in [-0.05, 0) is 37.8 Å². The van der Waals surface area contributed by atoms with Crippen molar-refractivity contribution in [2.24, 2.45) is 10.9 Å². The van der Waals surface area contributed by atoms with Gasteiger partial charge in [0.25, 0.3) is 5.91 Å². The molecule has 2 unspecified atom stereocenters. The molecule has 7 heteroatoms. The Kier molecular flexibility index (Phi) is 7.67. The highest BCUT2D eigenvalue weighted by Crippen LogP contribution is 2.27. The van der Waals surface area contributed by atoms with Gasteiger partial charge in [0.05, 0.1) is 12.4 Å². The number of nitrogens with zero attached hydrogens (tertiary/aromatic N) is 4. The second-order valence-corrected chi connectivity index (χ2v) is 7.50. The van der Waals surface area contributed by atoms with Gasteiger partial charge in [0, 0.05) is 50.7 Å². The maximum Gasteiger partial charge on any atom is 0.251 e. The molecule has 1 aromatic carbocycles. The number of likely N-dealkylation sites (tertiary alicyclic amines) is 1. The van der Waals surface area contributed by atoms with Crippen LogP contribution in [0.25, 0.3) is 0 Å². The number of carbonyl (C=O) groups excluding carboxylic acids is 1. The van der Waals surface area contributed by atoms with E-state index in [-0.39, 0.29) is 5.91 Å². The number of guanidine groups is 1. The van der Waals surface area contributed by atoms with Crippen LogP contribution in [0, 0.1) is 5.92 Å². The van der Waals surface area contributed by atoms with E-state index in [9.17, 15) is 4.79 Å². The third-order valence-electron chi connectivity index (χ3n) is 5.38. The Labute approximate surface area is 173 Å². The van der Waals surface area contributed by atoms with Crippen molar-refractivity contribution in [2.45, 2.75) is 32.7 Å². The molecule has 1 aliphatic heterocycles. The maximum absolute atomic E-state index is 12.1. The summed E-state index contributed by atoms with van der Waals surface area (Å²) in [5, 5.41) is 6.39. The van der Waals surface area contributed by atoms with Crippen LogP contribution in [0.15, 0.2) is 54.0 Å². The van der Waals surface area contributed by atoms with E-state index in [1.165, 1.54) is 0 Å². The SMILES string of the molecule is CCNC(=NCCCNC(=O)c1ccccc1)N1CCC(C)C(n2ccnc2)C1. The number of imidazole rings is 1. The lowest BCUT2D eigenvalue weighted by Gasteiger charge is -2.39. The first-order chi connectivity index (χ1) is 14.2. The van der Waals surface area contributed by atoms with E-state index in [4.69, 9.17) is 4.99 Å². The summed E-state index contributed by atoms with van der Waals surface area (Å²) in [5.74, 6) is 1.53. The van der Waals surface area contributed by atoms with Crippen LogP contribution >= 0.6 is 0 Å². The third kappa shape index (κ3) is 5.82. The summed E-state index contributed by atoms with van der Waals surface area (Å²) >= 11 is 0. The van der Waals surface area contributed by atoms with Gasteiger partial charge in [-0.25, -0.2) is 4.98 Å². The van der Waals surface area contributed by atoms with Gasteiger partial charge >= 0.3 is 0 Å². The average molecular weight is 397 g/mol. The molecule has 156 valence electrons. The van der Waals surface area contributed by atoms with E-state index < -0.39 is 0 Å². The molecule has 2 atom stereocenters. The standard InChI is InChI=1S/C22H32N6O/c1-3-24-22(26-12-7-11-25-21(29)19-8-5-4-6-9-19)27-14-10-18(2)20(16-27)28-15-13-23-17-28/h4-6,8-9,13,15,17-18,20H,3,7,10-12,14,16H2,1-2H3,(H,24,26)(H,25,29). The Morgan fingerprint density at radius 3 is 2.83 bits per heavy atom. The van der Waals surface area contributed by atoms with E-state index >= 15 is 0 Å². The molecule has 2 heterocycles. The van der Waals surface area contributed by atoms with Crippen LogP contribution in [0.4, 0.5) is 0 Å². The van der Waals surface area contributed by atoms with Gasteiger partial charge in [0.15, 0.2) is 5.96 Å². The number of amides is 1. The summed E-state index contributed by atoms with van der Waals surface area (Å²) in [4.78, 5) is 23.5. The zero-order valence-corrected chi connectivity index (χ0v) is 17.4. The van der Waals surface area contributed by atoms with Crippen molar-refractivity contribution < 1.29 is 4.79 Å². The molecule has 2 N–H and O–H groups in total. The molecule has 0 radical (unpaired) electrons. The fourth-order valence-corrected chi connectivity index (χ4v) is 3.68.